The summed E-state index contributed by atoms with van der Waals surface area (Å²) >= 11 is 0. The lowest BCUT2D eigenvalue weighted by Crippen LogP contribution is -2.25. The quantitative estimate of drug-likeness (QED) is 0.821. The highest BCUT2D eigenvalue weighted by Gasteiger charge is 2.17. The summed E-state index contributed by atoms with van der Waals surface area (Å²) in [7, 11) is 0. The van der Waals surface area contributed by atoms with Crippen LogP contribution in [0.1, 0.15) is 59.3 Å². The Hall–Kier alpha value is -1.45. The van der Waals surface area contributed by atoms with Crippen molar-refractivity contribution in [2.75, 3.05) is 11.1 Å². The van der Waals surface area contributed by atoms with Crippen LogP contribution in [0.2, 0.25) is 0 Å². The standard InChI is InChI=1S/C16H27N3O/c1-16(2,3)20-15-13(17)10-11-14(19-15)18-12-8-6-4-5-7-9-12/h10-12H,4-9,17H2,1-3H3,(H,18,19). The third kappa shape index (κ3) is 4.58. The largest absolute Gasteiger partial charge is 0.470 e. The highest BCUT2D eigenvalue weighted by atomic mass is 16.5. The van der Waals surface area contributed by atoms with E-state index in [0.29, 0.717) is 17.6 Å². The smallest absolute Gasteiger partial charge is 0.239 e. The van der Waals surface area contributed by atoms with Crippen LogP contribution in [0, 0.1) is 0 Å². The van der Waals surface area contributed by atoms with Crippen molar-refractivity contribution in [2.45, 2.75) is 70.9 Å². The van der Waals surface area contributed by atoms with Crippen LogP contribution < -0.4 is 15.8 Å². The van der Waals surface area contributed by atoms with E-state index < -0.39 is 0 Å². The molecule has 0 radical (unpaired) electrons. The molecule has 112 valence electrons. The SMILES string of the molecule is CC(C)(C)Oc1nc(NC2CCCCCC2)ccc1N. The van der Waals surface area contributed by atoms with Crippen molar-refractivity contribution in [3.63, 3.8) is 0 Å². The Labute approximate surface area is 122 Å². The Bertz CT molecular complexity index is 432. The molecule has 1 aromatic rings. The van der Waals surface area contributed by atoms with Gasteiger partial charge in [0.15, 0.2) is 0 Å². The van der Waals surface area contributed by atoms with E-state index in [4.69, 9.17) is 10.5 Å². The molecule has 0 aliphatic heterocycles. The van der Waals surface area contributed by atoms with Crippen molar-refractivity contribution in [1.82, 2.24) is 4.98 Å². The number of hydrogen-bond acceptors (Lipinski definition) is 4. The number of nitrogen functional groups attached to an aromatic ring is 1. The van der Waals surface area contributed by atoms with Gasteiger partial charge < -0.3 is 15.8 Å². The van der Waals surface area contributed by atoms with Gasteiger partial charge in [0.2, 0.25) is 5.88 Å². The summed E-state index contributed by atoms with van der Waals surface area (Å²) < 4.78 is 5.81. The first-order chi connectivity index (χ1) is 9.44. The number of nitrogens with zero attached hydrogens (tertiary/aromatic N) is 1. The fourth-order valence-electron chi connectivity index (χ4n) is 2.54. The third-order valence-electron chi connectivity index (χ3n) is 3.50. The second kappa shape index (κ2) is 6.33. The van der Waals surface area contributed by atoms with E-state index in [0.717, 1.165) is 5.82 Å². The van der Waals surface area contributed by atoms with Gasteiger partial charge in [0.05, 0.1) is 5.69 Å². The Kier molecular flexibility index (Phi) is 4.73. The van der Waals surface area contributed by atoms with Crippen LogP contribution in [0.4, 0.5) is 11.5 Å². The van der Waals surface area contributed by atoms with Crippen LogP contribution in [0.5, 0.6) is 5.88 Å². The maximum absolute atomic E-state index is 5.94. The van der Waals surface area contributed by atoms with Gasteiger partial charge in [0, 0.05) is 6.04 Å². The summed E-state index contributed by atoms with van der Waals surface area (Å²) in [4.78, 5) is 4.52. The average molecular weight is 277 g/mol. The molecule has 0 saturated heterocycles. The predicted octanol–water partition coefficient (Wildman–Crippen LogP) is 3.98. The molecule has 1 aliphatic carbocycles. The fraction of sp³-hybridized carbons (Fsp3) is 0.688. The summed E-state index contributed by atoms with van der Waals surface area (Å²) in [5.74, 6) is 1.39. The lowest BCUT2D eigenvalue weighted by Gasteiger charge is -2.23. The third-order valence-corrected chi connectivity index (χ3v) is 3.50. The topological polar surface area (TPSA) is 60.2 Å². The zero-order valence-corrected chi connectivity index (χ0v) is 12.9. The number of nitrogens with one attached hydrogen (secondary N) is 1. The second-order valence-electron chi connectivity index (χ2n) is 6.64. The van der Waals surface area contributed by atoms with Gasteiger partial charge in [-0.3, -0.25) is 0 Å². The van der Waals surface area contributed by atoms with Gasteiger partial charge in [0.25, 0.3) is 0 Å². The van der Waals surface area contributed by atoms with Gasteiger partial charge in [-0.1, -0.05) is 25.7 Å². The van der Waals surface area contributed by atoms with Crippen molar-refractivity contribution in [2.24, 2.45) is 0 Å². The number of hydrogen-bond donors (Lipinski definition) is 2. The molecule has 0 aromatic carbocycles. The summed E-state index contributed by atoms with van der Waals surface area (Å²) in [5.41, 5.74) is 6.24. The van der Waals surface area contributed by atoms with E-state index in [-0.39, 0.29) is 5.60 Å². The molecule has 0 bridgehead atoms. The Morgan fingerprint density at radius 2 is 1.80 bits per heavy atom. The van der Waals surface area contributed by atoms with Crippen LogP contribution in [0.3, 0.4) is 0 Å². The monoisotopic (exact) mass is 277 g/mol. The van der Waals surface area contributed by atoms with Crippen LogP contribution in [-0.4, -0.2) is 16.6 Å². The summed E-state index contributed by atoms with van der Waals surface area (Å²) in [6.45, 7) is 6.00. The molecule has 1 aliphatic rings. The molecule has 0 atom stereocenters. The lowest BCUT2D eigenvalue weighted by atomic mass is 10.1. The summed E-state index contributed by atoms with van der Waals surface area (Å²) in [6, 6.07) is 4.33. The Morgan fingerprint density at radius 1 is 1.15 bits per heavy atom. The summed E-state index contributed by atoms with van der Waals surface area (Å²) in [5, 5.41) is 3.53. The molecular formula is C16H27N3O. The first-order valence-corrected chi connectivity index (χ1v) is 7.66. The lowest BCUT2D eigenvalue weighted by molar-refractivity contribution is 0.125. The minimum atomic E-state index is -0.290. The molecule has 1 fully saturated rings. The van der Waals surface area contributed by atoms with Gasteiger partial charge in [-0.15, -0.1) is 0 Å². The van der Waals surface area contributed by atoms with Crippen molar-refractivity contribution >= 4 is 11.5 Å². The Balaban J connectivity index is 2.06. The first-order valence-electron chi connectivity index (χ1n) is 7.66. The van der Waals surface area contributed by atoms with Gasteiger partial charge in [0.1, 0.15) is 11.4 Å². The molecule has 1 aromatic heterocycles. The van der Waals surface area contributed by atoms with Gasteiger partial charge >= 0.3 is 0 Å². The minimum Gasteiger partial charge on any atom is -0.470 e. The van der Waals surface area contributed by atoms with Gasteiger partial charge in [-0.05, 0) is 45.7 Å². The maximum atomic E-state index is 5.94. The number of nitrogens with two attached hydrogens (primary N) is 1. The van der Waals surface area contributed by atoms with E-state index in [2.05, 4.69) is 10.3 Å². The number of rotatable bonds is 3. The average Bonchev–Trinajstić information content (AvgIpc) is 2.60. The molecule has 0 amide bonds. The van der Waals surface area contributed by atoms with E-state index in [1.807, 2.05) is 32.9 Å². The van der Waals surface area contributed by atoms with E-state index in [9.17, 15) is 0 Å². The number of pyridine rings is 1. The van der Waals surface area contributed by atoms with Crippen molar-refractivity contribution in [1.29, 1.82) is 0 Å². The Morgan fingerprint density at radius 3 is 2.40 bits per heavy atom. The molecule has 0 unspecified atom stereocenters. The fourth-order valence-corrected chi connectivity index (χ4v) is 2.54. The normalized spacial score (nSPS) is 17.6. The molecule has 0 spiro atoms. The molecule has 3 N–H and O–H groups in total. The second-order valence-corrected chi connectivity index (χ2v) is 6.64. The van der Waals surface area contributed by atoms with Gasteiger partial charge in [-0.2, -0.15) is 4.98 Å². The number of aromatic nitrogens is 1. The minimum absolute atomic E-state index is 0.290. The maximum Gasteiger partial charge on any atom is 0.239 e. The zero-order valence-electron chi connectivity index (χ0n) is 12.9. The van der Waals surface area contributed by atoms with Crippen LogP contribution in [0.15, 0.2) is 12.1 Å². The van der Waals surface area contributed by atoms with E-state index >= 15 is 0 Å². The van der Waals surface area contributed by atoms with Crippen LogP contribution >= 0.6 is 0 Å². The molecule has 1 saturated carbocycles. The van der Waals surface area contributed by atoms with E-state index in [1.54, 1.807) is 0 Å². The van der Waals surface area contributed by atoms with Crippen molar-refractivity contribution in [3.05, 3.63) is 12.1 Å². The molecule has 4 nitrogen and oxygen atoms in total. The number of ether oxygens (including phenoxy) is 1. The molecule has 20 heavy (non-hydrogen) atoms. The van der Waals surface area contributed by atoms with Crippen LogP contribution in [-0.2, 0) is 0 Å². The molecule has 2 rings (SSSR count). The number of anilines is 2. The first kappa shape index (κ1) is 14.9. The molecular weight excluding hydrogens is 250 g/mol. The van der Waals surface area contributed by atoms with Crippen molar-refractivity contribution in [3.8, 4) is 5.88 Å². The van der Waals surface area contributed by atoms with Gasteiger partial charge in [-0.25, -0.2) is 0 Å². The summed E-state index contributed by atoms with van der Waals surface area (Å²) in [6.07, 6.45) is 7.76. The highest BCUT2D eigenvalue weighted by molar-refractivity contribution is 5.54. The van der Waals surface area contributed by atoms with E-state index in [1.165, 1.54) is 38.5 Å². The zero-order chi connectivity index (χ0) is 14.6. The van der Waals surface area contributed by atoms with Crippen LogP contribution in [0.25, 0.3) is 0 Å². The highest BCUT2D eigenvalue weighted by Crippen LogP contribution is 2.26. The molecule has 4 heteroatoms. The van der Waals surface area contributed by atoms with Crippen molar-refractivity contribution < 1.29 is 4.74 Å². The predicted molar refractivity (Wildman–Crippen MR) is 84.1 cm³/mol. The molecule has 1 heterocycles.